The Kier molecular flexibility index (Phi) is 5.83. The molecule has 3 aromatic carbocycles. The first kappa shape index (κ1) is 23.2. The number of aliphatic imine (C=N–C) groups is 1. The molecule has 1 fully saturated rings. The SMILES string of the molecule is CC1=C(C(=O)Nc2ccccc2F)[C@@H](c2ccc3c(c2)OCO3)[C@H]2C(=O)C[C@H](c3ccccc3)CC2=N1. The number of ketones is 1. The van der Waals surface area contributed by atoms with Crippen molar-refractivity contribution in [3.05, 3.63) is 101 Å². The molecule has 186 valence electrons. The molecule has 0 bridgehead atoms. The van der Waals surface area contributed by atoms with E-state index in [0.717, 1.165) is 16.8 Å². The molecule has 3 atom stereocenters. The molecule has 2 heterocycles. The molecular weight excluding hydrogens is 471 g/mol. The van der Waals surface area contributed by atoms with Gasteiger partial charge in [0.05, 0.1) is 11.6 Å². The second-order valence-electron chi connectivity index (χ2n) is 9.59. The van der Waals surface area contributed by atoms with E-state index in [4.69, 9.17) is 14.5 Å². The number of fused-ring (bicyclic) bond motifs is 2. The van der Waals surface area contributed by atoms with Gasteiger partial charge in [0.1, 0.15) is 11.6 Å². The van der Waals surface area contributed by atoms with Crippen LogP contribution in [0, 0.1) is 11.7 Å². The summed E-state index contributed by atoms with van der Waals surface area (Å²) >= 11 is 0. The molecule has 2 aliphatic heterocycles. The van der Waals surface area contributed by atoms with Gasteiger partial charge in [-0.2, -0.15) is 0 Å². The number of hydrogen-bond acceptors (Lipinski definition) is 5. The number of nitrogens with zero attached hydrogens (tertiary/aromatic N) is 1. The van der Waals surface area contributed by atoms with Crippen LogP contribution in [-0.2, 0) is 9.59 Å². The molecule has 6 rings (SSSR count). The zero-order valence-corrected chi connectivity index (χ0v) is 20.2. The molecule has 1 N–H and O–H groups in total. The normalized spacial score (nSPS) is 22.4. The first-order valence-corrected chi connectivity index (χ1v) is 12.3. The molecule has 7 heteroatoms. The summed E-state index contributed by atoms with van der Waals surface area (Å²) in [5.74, 6) is -0.945. The molecule has 0 aromatic heterocycles. The quantitative estimate of drug-likeness (QED) is 0.498. The van der Waals surface area contributed by atoms with Crippen LogP contribution in [0.2, 0.25) is 0 Å². The van der Waals surface area contributed by atoms with Crippen molar-refractivity contribution in [3.63, 3.8) is 0 Å². The average molecular weight is 497 g/mol. The van der Waals surface area contributed by atoms with E-state index in [0.29, 0.717) is 35.6 Å². The van der Waals surface area contributed by atoms with E-state index in [1.165, 1.54) is 12.1 Å². The lowest BCUT2D eigenvalue weighted by atomic mass is 9.66. The number of allylic oxidation sites excluding steroid dienone is 1. The molecule has 3 aromatic rings. The van der Waals surface area contributed by atoms with Crippen molar-refractivity contribution in [1.29, 1.82) is 0 Å². The van der Waals surface area contributed by atoms with Crippen molar-refractivity contribution in [2.45, 2.75) is 31.6 Å². The molecule has 6 nitrogen and oxygen atoms in total. The van der Waals surface area contributed by atoms with E-state index in [-0.39, 0.29) is 24.2 Å². The van der Waals surface area contributed by atoms with Crippen molar-refractivity contribution in [2.75, 3.05) is 12.1 Å². The largest absolute Gasteiger partial charge is 0.454 e. The Morgan fingerprint density at radius 2 is 1.68 bits per heavy atom. The van der Waals surface area contributed by atoms with Crippen molar-refractivity contribution < 1.29 is 23.5 Å². The minimum Gasteiger partial charge on any atom is -0.454 e. The maximum Gasteiger partial charge on any atom is 0.254 e. The first-order chi connectivity index (χ1) is 18.0. The number of Topliss-reactive ketones (excluding diaryl/α,β-unsaturated/α-hetero) is 1. The number of para-hydroxylation sites is 1. The highest BCUT2D eigenvalue weighted by Crippen LogP contribution is 2.47. The van der Waals surface area contributed by atoms with Crippen molar-refractivity contribution in [1.82, 2.24) is 0 Å². The summed E-state index contributed by atoms with van der Waals surface area (Å²) in [6.07, 6.45) is 0.983. The lowest BCUT2D eigenvalue weighted by Crippen LogP contribution is -2.41. The third-order valence-electron chi connectivity index (χ3n) is 7.35. The predicted octanol–water partition coefficient (Wildman–Crippen LogP) is 5.77. The zero-order chi connectivity index (χ0) is 25.5. The number of carbonyl (C=O) groups excluding carboxylic acids is 2. The fraction of sp³-hybridized carbons (Fsp3) is 0.233. The highest BCUT2D eigenvalue weighted by Gasteiger charge is 2.46. The summed E-state index contributed by atoms with van der Waals surface area (Å²) in [6, 6.07) is 21.5. The number of amides is 1. The summed E-state index contributed by atoms with van der Waals surface area (Å²) in [7, 11) is 0. The maximum atomic E-state index is 14.4. The molecule has 0 radical (unpaired) electrons. The van der Waals surface area contributed by atoms with E-state index in [1.54, 1.807) is 25.1 Å². The predicted molar refractivity (Wildman–Crippen MR) is 137 cm³/mol. The summed E-state index contributed by atoms with van der Waals surface area (Å²) in [5.41, 5.74) is 3.57. The second-order valence-corrected chi connectivity index (χ2v) is 9.59. The molecule has 3 aliphatic rings. The summed E-state index contributed by atoms with van der Waals surface area (Å²) in [4.78, 5) is 32.2. The van der Waals surface area contributed by atoms with Gasteiger partial charge in [-0.3, -0.25) is 14.6 Å². The van der Waals surface area contributed by atoms with E-state index in [9.17, 15) is 14.0 Å². The third-order valence-corrected chi connectivity index (χ3v) is 7.35. The van der Waals surface area contributed by atoms with Crippen LogP contribution in [0.3, 0.4) is 0 Å². The van der Waals surface area contributed by atoms with Crippen LogP contribution in [0.25, 0.3) is 0 Å². The average Bonchev–Trinajstić information content (AvgIpc) is 3.37. The van der Waals surface area contributed by atoms with Gasteiger partial charge in [0.15, 0.2) is 11.5 Å². The van der Waals surface area contributed by atoms with E-state index in [1.807, 2.05) is 42.5 Å². The fourth-order valence-electron chi connectivity index (χ4n) is 5.65. The van der Waals surface area contributed by atoms with Gasteiger partial charge >= 0.3 is 0 Å². The van der Waals surface area contributed by atoms with Gasteiger partial charge < -0.3 is 14.8 Å². The molecule has 37 heavy (non-hydrogen) atoms. The molecule has 1 amide bonds. The van der Waals surface area contributed by atoms with Gasteiger partial charge in [-0.05, 0) is 54.7 Å². The van der Waals surface area contributed by atoms with Crippen LogP contribution in [0.1, 0.15) is 42.7 Å². The fourth-order valence-corrected chi connectivity index (χ4v) is 5.65. The third kappa shape index (κ3) is 4.20. The topological polar surface area (TPSA) is 77.0 Å². The van der Waals surface area contributed by atoms with Gasteiger partial charge in [-0.25, -0.2) is 4.39 Å². The number of rotatable bonds is 4. The van der Waals surface area contributed by atoms with Crippen LogP contribution in [0.15, 0.2) is 89.1 Å². The van der Waals surface area contributed by atoms with Gasteiger partial charge in [0, 0.05) is 29.3 Å². The van der Waals surface area contributed by atoms with Crippen LogP contribution in [0.4, 0.5) is 10.1 Å². The second kappa shape index (κ2) is 9.32. The van der Waals surface area contributed by atoms with Crippen molar-refractivity contribution in [3.8, 4) is 11.5 Å². The molecule has 0 unspecified atom stereocenters. The number of carbonyl (C=O) groups is 2. The number of benzene rings is 3. The Hall–Kier alpha value is -4.26. The van der Waals surface area contributed by atoms with E-state index >= 15 is 0 Å². The van der Waals surface area contributed by atoms with E-state index in [2.05, 4.69) is 5.32 Å². The van der Waals surface area contributed by atoms with Crippen molar-refractivity contribution >= 4 is 23.1 Å². The van der Waals surface area contributed by atoms with E-state index < -0.39 is 23.6 Å². The first-order valence-electron chi connectivity index (χ1n) is 12.3. The number of anilines is 1. The standard InChI is InChI=1S/C30H25FN2O4/c1-17-27(30(35)33-22-10-6-5-9-21(22)31)28(19-11-12-25-26(15-19)37-16-36-25)29-23(32-17)13-20(14-24(29)34)18-7-3-2-4-8-18/h2-12,15,20,28-29H,13-14,16H2,1H3,(H,33,35)/t20-,28-,29-/m1/s1. The van der Waals surface area contributed by atoms with Crippen LogP contribution in [-0.4, -0.2) is 24.2 Å². The highest BCUT2D eigenvalue weighted by molar-refractivity contribution is 6.14. The smallest absolute Gasteiger partial charge is 0.254 e. The van der Waals surface area contributed by atoms with Crippen LogP contribution < -0.4 is 14.8 Å². The maximum absolute atomic E-state index is 14.4. The summed E-state index contributed by atoms with van der Waals surface area (Å²) < 4.78 is 25.4. The van der Waals surface area contributed by atoms with Gasteiger partial charge in [-0.15, -0.1) is 0 Å². The Morgan fingerprint density at radius 1 is 0.919 bits per heavy atom. The number of nitrogens with one attached hydrogen (secondary N) is 1. The molecular formula is C30H25FN2O4. The molecule has 1 aliphatic carbocycles. The lowest BCUT2D eigenvalue weighted by molar-refractivity contribution is -0.122. The van der Waals surface area contributed by atoms with Crippen LogP contribution in [0.5, 0.6) is 11.5 Å². The van der Waals surface area contributed by atoms with Gasteiger partial charge in [0.25, 0.3) is 5.91 Å². The number of ether oxygens (including phenoxy) is 2. The number of halogens is 1. The Labute approximate surface area is 213 Å². The monoisotopic (exact) mass is 496 g/mol. The Morgan fingerprint density at radius 3 is 2.49 bits per heavy atom. The Bertz CT molecular complexity index is 1460. The van der Waals surface area contributed by atoms with Crippen molar-refractivity contribution in [2.24, 2.45) is 10.9 Å². The summed E-state index contributed by atoms with van der Waals surface area (Å²) in [5, 5.41) is 2.70. The minimum absolute atomic E-state index is 0.0303. The lowest BCUT2D eigenvalue weighted by Gasteiger charge is -2.38. The number of hydrogen-bond donors (Lipinski definition) is 1. The molecule has 0 spiro atoms. The summed E-state index contributed by atoms with van der Waals surface area (Å²) in [6.45, 7) is 1.89. The Balaban J connectivity index is 1.43. The van der Waals surface area contributed by atoms with Gasteiger partial charge in [-0.1, -0.05) is 48.5 Å². The highest BCUT2D eigenvalue weighted by atomic mass is 19.1. The minimum atomic E-state index is -0.592. The molecule has 1 saturated carbocycles. The molecule has 0 saturated heterocycles. The van der Waals surface area contributed by atoms with Crippen LogP contribution >= 0.6 is 0 Å². The van der Waals surface area contributed by atoms with Gasteiger partial charge in [0.2, 0.25) is 6.79 Å². The zero-order valence-electron chi connectivity index (χ0n) is 20.2.